The van der Waals surface area contributed by atoms with Gasteiger partial charge >= 0.3 is 0 Å². The third-order valence-corrected chi connectivity index (χ3v) is 5.54. The largest absolute Gasteiger partial charge is 0.300 e. The second kappa shape index (κ2) is 6.80. The highest BCUT2D eigenvalue weighted by atomic mass is 32.2. The maximum absolute atomic E-state index is 13.6. The Morgan fingerprint density at radius 3 is 2.60 bits per heavy atom. The number of hydrogen-bond donors (Lipinski definition) is 0. The number of nitrogens with zero attached hydrogens (tertiary/aromatic N) is 1. The van der Waals surface area contributed by atoms with Gasteiger partial charge in [0, 0.05) is 16.7 Å². The fourth-order valence-corrected chi connectivity index (χ4v) is 4.23. The van der Waals surface area contributed by atoms with E-state index in [0.29, 0.717) is 12.1 Å². The van der Waals surface area contributed by atoms with Crippen LogP contribution in [0.4, 0.5) is 10.1 Å². The monoisotopic (exact) mass is 359 g/mol. The molecule has 6 heteroatoms. The molecular weight excluding hydrogens is 341 g/mol. The summed E-state index contributed by atoms with van der Waals surface area (Å²) in [5.41, 5.74) is 1.75. The van der Waals surface area contributed by atoms with Gasteiger partial charge in [0.1, 0.15) is 5.82 Å². The van der Waals surface area contributed by atoms with Gasteiger partial charge in [0.15, 0.2) is 9.84 Å². The second-order valence-corrected chi connectivity index (χ2v) is 7.82. The summed E-state index contributed by atoms with van der Waals surface area (Å²) in [5, 5.41) is 1.14. The van der Waals surface area contributed by atoms with Gasteiger partial charge in [-0.3, -0.25) is 4.79 Å². The summed E-state index contributed by atoms with van der Waals surface area (Å²) in [6.45, 7) is 1.96. The van der Waals surface area contributed by atoms with E-state index >= 15 is 0 Å². The molecule has 2 aromatic carbocycles. The molecule has 0 radical (unpaired) electrons. The van der Waals surface area contributed by atoms with Crippen molar-refractivity contribution in [3.63, 3.8) is 0 Å². The van der Waals surface area contributed by atoms with E-state index in [1.54, 1.807) is 12.1 Å². The molecule has 130 valence electrons. The number of anilines is 1. The average molecular weight is 359 g/mol. The summed E-state index contributed by atoms with van der Waals surface area (Å²) in [6.07, 6.45) is 2.20. The molecule has 0 aromatic heterocycles. The molecule has 1 unspecified atom stereocenters. The minimum absolute atomic E-state index is 0.174. The normalized spacial score (nSPS) is 18.2. The zero-order valence-corrected chi connectivity index (χ0v) is 14.5. The Hall–Kier alpha value is -2.47. The number of halogens is 1. The molecule has 1 heterocycles. The van der Waals surface area contributed by atoms with Gasteiger partial charge in [0.2, 0.25) is 0 Å². The standard InChI is InChI=1S/C19H18FNO3S/c1-2-14-6-3-4-9-18(14)21(17-10-11-25(23,24)13-17)19(22)15-7-5-8-16(20)12-15/h3-12,17H,2,13H2,1H3. The molecule has 0 N–H and O–H groups in total. The van der Waals surface area contributed by atoms with E-state index in [-0.39, 0.29) is 11.3 Å². The first-order chi connectivity index (χ1) is 11.9. The van der Waals surface area contributed by atoms with Crippen LogP contribution < -0.4 is 4.90 Å². The van der Waals surface area contributed by atoms with Crippen molar-refractivity contribution >= 4 is 21.4 Å². The predicted molar refractivity (Wildman–Crippen MR) is 95.7 cm³/mol. The third-order valence-electron chi connectivity index (χ3n) is 4.17. The van der Waals surface area contributed by atoms with Crippen molar-refractivity contribution < 1.29 is 17.6 Å². The van der Waals surface area contributed by atoms with Crippen molar-refractivity contribution in [2.75, 3.05) is 10.7 Å². The molecule has 1 aliphatic heterocycles. The molecule has 1 amide bonds. The Bertz CT molecular complexity index is 937. The molecule has 25 heavy (non-hydrogen) atoms. The van der Waals surface area contributed by atoms with Gasteiger partial charge < -0.3 is 4.90 Å². The van der Waals surface area contributed by atoms with Crippen LogP contribution in [0.2, 0.25) is 0 Å². The van der Waals surface area contributed by atoms with Crippen LogP contribution in [0.1, 0.15) is 22.8 Å². The van der Waals surface area contributed by atoms with Crippen LogP contribution in [0, 0.1) is 5.82 Å². The molecule has 2 aromatic rings. The highest BCUT2D eigenvalue weighted by Gasteiger charge is 2.32. The van der Waals surface area contributed by atoms with Crippen LogP contribution >= 0.6 is 0 Å². The number of rotatable bonds is 4. The first-order valence-electron chi connectivity index (χ1n) is 7.99. The quantitative estimate of drug-likeness (QED) is 0.841. The van der Waals surface area contributed by atoms with Crippen LogP contribution in [-0.4, -0.2) is 26.1 Å². The van der Waals surface area contributed by atoms with Gasteiger partial charge in [-0.2, -0.15) is 0 Å². The molecule has 0 fully saturated rings. The number of para-hydroxylation sites is 1. The minimum atomic E-state index is -3.34. The lowest BCUT2D eigenvalue weighted by molar-refractivity contribution is 0.0982. The maximum atomic E-state index is 13.6. The number of amides is 1. The van der Waals surface area contributed by atoms with E-state index in [0.717, 1.165) is 17.0 Å². The van der Waals surface area contributed by atoms with Crippen molar-refractivity contribution in [1.82, 2.24) is 0 Å². The average Bonchev–Trinajstić information content (AvgIpc) is 2.95. The molecule has 4 nitrogen and oxygen atoms in total. The van der Waals surface area contributed by atoms with Crippen LogP contribution in [0.5, 0.6) is 0 Å². The maximum Gasteiger partial charge on any atom is 0.258 e. The van der Waals surface area contributed by atoms with Crippen molar-refractivity contribution in [3.8, 4) is 0 Å². The summed E-state index contributed by atoms with van der Waals surface area (Å²) in [6, 6.07) is 12.2. The molecule has 0 saturated heterocycles. The minimum Gasteiger partial charge on any atom is -0.300 e. The molecule has 0 saturated carbocycles. The molecular formula is C19H18FNO3S. The third kappa shape index (κ3) is 3.64. The first kappa shape index (κ1) is 17.4. The Morgan fingerprint density at radius 2 is 1.96 bits per heavy atom. The number of benzene rings is 2. The van der Waals surface area contributed by atoms with Crippen molar-refractivity contribution in [3.05, 3.63) is 77.0 Å². The van der Waals surface area contributed by atoms with Gasteiger partial charge in [0.25, 0.3) is 5.91 Å². The van der Waals surface area contributed by atoms with Gasteiger partial charge in [-0.1, -0.05) is 31.2 Å². The van der Waals surface area contributed by atoms with Crippen molar-refractivity contribution in [2.45, 2.75) is 19.4 Å². The Balaban J connectivity index is 2.09. The van der Waals surface area contributed by atoms with Crippen molar-refractivity contribution in [2.24, 2.45) is 0 Å². The fourth-order valence-electron chi connectivity index (χ4n) is 2.96. The summed E-state index contributed by atoms with van der Waals surface area (Å²) < 4.78 is 37.3. The van der Waals surface area contributed by atoms with E-state index in [1.165, 1.54) is 29.2 Å². The van der Waals surface area contributed by atoms with E-state index in [4.69, 9.17) is 0 Å². The number of hydrogen-bond acceptors (Lipinski definition) is 3. The smallest absolute Gasteiger partial charge is 0.258 e. The molecule has 3 rings (SSSR count). The van der Waals surface area contributed by atoms with Crippen molar-refractivity contribution in [1.29, 1.82) is 0 Å². The lowest BCUT2D eigenvalue weighted by Gasteiger charge is -2.29. The van der Waals surface area contributed by atoms with E-state index in [2.05, 4.69) is 0 Å². The molecule has 1 aliphatic rings. The van der Waals surface area contributed by atoms with Crippen LogP contribution in [0.15, 0.2) is 60.0 Å². The van der Waals surface area contributed by atoms with Crippen LogP contribution in [0.3, 0.4) is 0 Å². The second-order valence-electron chi connectivity index (χ2n) is 5.89. The summed E-state index contributed by atoms with van der Waals surface area (Å²) >= 11 is 0. The van der Waals surface area contributed by atoms with Crippen LogP contribution in [-0.2, 0) is 16.3 Å². The van der Waals surface area contributed by atoms with Gasteiger partial charge in [-0.25, -0.2) is 12.8 Å². The molecule has 1 atom stereocenters. The molecule has 0 aliphatic carbocycles. The number of carbonyl (C=O) groups excluding carboxylic acids is 1. The van der Waals surface area contributed by atoms with E-state index in [1.807, 2.05) is 19.1 Å². The summed E-state index contributed by atoms with van der Waals surface area (Å²) in [5.74, 6) is -1.11. The lowest BCUT2D eigenvalue weighted by Crippen LogP contribution is -2.41. The zero-order chi connectivity index (χ0) is 18.0. The molecule has 0 bridgehead atoms. The SMILES string of the molecule is CCc1ccccc1N(C(=O)c1cccc(F)c1)C1C=CS(=O)(=O)C1. The highest BCUT2D eigenvalue weighted by molar-refractivity contribution is 7.94. The Kier molecular flexibility index (Phi) is 4.72. The lowest BCUT2D eigenvalue weighted by atomic mass is 10.1. The predicted octanol–water partition coefficient (Wildman–Crippen LogP) is 3.35. The van der Waals surface area contributed by atoms with E-state index < -0.39 is 27.6 Å². The van der Waals surface area contributed by atoms with Crippen LogP contribution in [0.25, 0.3) is 0 Å². The fraction of sp³-hybridized carbons (Fsp3) is 0.211. The highest BCUT2D eigenvalue weighted by Crippen LogP contribution is 2.28. The first-order valence-corrected chi connectivity index (χ1v) is 9.71. The summed E-state index contributed by atoms with van der Waals surface area (Å²) in [4.78, 5) is 14.5. The zero-order valence-electron chi connectivity index (χ0n) is 13.7. The van der Waals surface area contributed by atoms with Gasteiger partial charge in [0.05, 0.1) is 11.8 Å². The Morgan fingerprint density at radius 1 is 1.20 bits per heavy atom. The Labute approximate surface area is 146 Å². The van der Waals surface area contributed by atoms with E-state index in [9.17, 15) is 17.6 Å². The van der Waals surface area contributed by atoms with Gasteiger partial charge in [-0.05, 0) is 42.3 Å². The summed E-state index contributed by atoms with van der Waals surface area (Å²) in [7, 11) is -3.34. The topological polar surface area (TPSA) is 54.5 Å². The number of aryl methyl sites for hydroxylation is 1. The van der Waals surface area contributed by atoms with Gasteiger partial charge in [-0.15, -0.1) is 0 Å². The molecule has 0 spiro atoms. The number of sulfone groups is 1. The number of carbonyl (C=O) groups is 1.